The summed E-state index contributed by atoms with van der Waals surface area (Å²) in [7, 11) is 0. The van der Waals surface area contributed by atoms with Gasteiger partial charge in [-0.2, -0.15) is 0 Å². The molecule has 2 atom stereocenters. The Kier molecular flexibility index (Phi) is 4.41. The van der Waals surface area contributed by atoms with Crippen LogP contribution in [-0.4, -0.2) is 29.8 Å². The molecule has 18 heavy (non-hydrogen) atoms. The Bertz CT molecular complexity index is 415. The fraction of sp³-hybridized carbons (Fsp3) is 0.533. The van der Waals surface area contributed by atoms with Gasteiger partial charge in [-0.25, -0.2) is 0 Å². The highest BCUT2D eigenvalue weighted by molar-refractivity contribution is 6.30. The Morgan fingerprint density at radius 3 is 2.67 bits per heavy atom. The SMILES string of the molecule is CCC1CCN(C(C)C(=O)c2ccc(Cl)cc2)C1. The lowest BCUT2D eigenvalue weighted by Crippen LogP contribution is -2.37. The Morgan fingerprint density at radius 2 is 2.11 bits per heavy atom. The van der Waals surface area contributed by atoms with Crippen LogP contribution in [-0.2, 0) is 0 Å². The molecule has 0 aromatic heterocycles. The van der Waals surface area contributed by atoms with Crippen molar-refractivity contribution in [2.75, 3.05) is 13.1 Å². The number of hydrogen-bond acceptors (Lipinski definition) is 2. The Balaban J connectivity index is 2.03. The zero-order valence-electron chi connectivity index (χ0n) is 11.0. The van der Waals surface area contributed by atoms with Gasteiger partial charge in [0, 0.05) is 17.1 Å². The average molecular weight is 266 g/mol. The lowest BCUT2D eigenvalue weighted by atomic mass is 10.0. The first-order valence-corrected chi connectivity index (χ1v) is 7.03. The molecule has 98 valence electrons. The van der Waals surface area contributed by atoms with Crippen molar-refractivity contribution in [2.24, 2.45) is 5.92 Å². The predicted octanol–water partition coefficient (Wildman–Crippen LogP) is 3.64. The number of benzene rings is 1. The van der Waals surface area contributed by atoms with Gasteiger partial charge in [-0.1, -0.05) is 24.9 Å². The molecule has 0 N–H and O–H groups in total. The topological polar surface area (TPSA) is 20.3 Å². The number of rotatable bonds is 4. The van der Waals surface area contributed by atoms with E-state index in [1.807, 2.05) is 19.1 Å². The summed E-state index contributed by atoms with van der Waals surface area (Å²) in [6, 6.07) is 7.16. The molecule has 1 fully saturated rings. The van der Waals surface area contributed by atoms with Crippen molar-refractivity contribution in [3.8, 4) is 0 Å². The minimum absolute atomic E-state index is 0.0253. The molecule has 0 spiro atoms. The first-order chi connectivity index (χ1) is 8.61. The second-order valence-corrected chi connectivity index (χ2v) is 5.54. The van der Waals surface area contributed by atoms with Crippen molar-refractivity contribution in [3.63, 3.8) is 0 Å². The zero-order chi connectivity index (χ0) is 13.1. The lowest BCUT2D eigenvalue weighted by molar-refractivity contribution is 0.0862. The van der Waals surface area contributed by atoms with Gasteiger partial charge in [-0.3, -0.25) is 9.69 Å². The van der Waals surface area contributed by atoms with Gasteiger partial charge in [0.2, 0.25) is 0 Å². The number of carbonyl (C=O) groups excluding carboxylic acids is 1. The minimum atomic E-state index is -0.0253. The van der Waals surface area contributed by atoms with Crippen LogP contribution < -0.4 is 0 Å². The third-order valence-electron chi connectivity index (χ3n) is 3.95. The van der Waals surface area contributed by atoms with Gasteiger partial charge in [0.05, 0.1) is 6.04 Å². The molecule has 2 unspecified atom stereocenters. The highest BCUT2D eigenvalue weighted by Crippen LogP contribution is 2.23. The van der Waals surface area contributed by atoms with Crippen molar-refractivity contribution in [2.45, 2.75) is 32.7 Å². The second kappa shape index (κ2) is 5.85. The fourth-order valence-electron chi connectivity index (χ4n) is 2.57. The molecule has 1 aromatic carbocycles. The summed E-state index contributed by atoms with van der Waals surface area (Å²) < 4.78 is 0. The molecule has 0 radical (unpaired) electrons. The Labute approximate surface area is 114 Å². The molecule has 0 aliphatic carbocycles. The van der Waals surface area contributed by atoms with E-state index >= 15 is 0 Å². The summed E-state index contributed by atoms with van der Waals surface area (Å²) in [5, 5.41) is 0.673. The largest absolute Gasteiger partial charge is 0.293 e. The summed E-state index contributed by atoms with van der Waals surface area (Å²) in [6.45, 7) is 6.32. The summed E-state index contributed by atoms with van der Waals surface area (Å²) >= 11 is 5.84. The van der Waals surface area contributed by atoms with E-state index < -0.39 is 0 Å². The second-order valence-electron chi connectivity index (χ2n) is 5.11. The number of hydrogen-bond donors (Lipinski definition) is 0. The monoisotopic (exact) mass is 265 g/mol. The molecule has 3 heteroatoms. The van der Waals surface area contributed by atoms with Gasteiger partial charge in [0.1, 0.15) is 0 Å². The van der Waals surface area contributed by atoms with Crippen molar-refractivity contribution in [3.05, 3.63) is 34.9 Å². The predicted molar refractivity (Wildman–Crippen MR) is 75.2 cm³/mol. The first kappa shape index (κ1) is 13.6. The molecule has 0 amide bonds. The average Bonchev–Trinajstić information content (AvgIpc) is 2.86. The zero-order valence-corrected chi connectivity index (χ0v) is 11.8. The molecular weight excluding hydrogens is 246 g/mol. The minimum Gasteiger partial charge on any atom is -0.293 e. The fourth-order valence-corrected chi connectivity index (χ4v) is 2.69. The highest BCUT2D eigenvalue weighted by Gasteiger charge is 2.28. The van der Waals surface area contributed by atoms with Crippen molar-refractivity contribution in [1.29, 1.82) is 0 Å². The maximum absolute atomic E-state index is 12.4. The number of ketones is 1. The Hall–Kier alpha value is -0.860. The summed E-state index contributed by atoms with van der Waals surface area (Å²) in [5.74, 6) is 0.953. The van der Waals surface area contributed by atoms with E-state index in [4.69, 9.17) is 11.6 Å². The molecular formula is C15H20ClNO. The van der Waals surface area contributed by atoms with Crippen LogP contribution in [0.4, 0.5) is 0 Å². The van der Waals surface area contributed by atoms with Crippen molar-refractivity contribution in [1.82, 2.24) is 4.90 Å². The van der Waals surface area contributed by atoms with Gasteiger partial charge in [-0.05, 0) is 50.1 Å². The standard InChI is InChI=1S/C15H20ClNO/c1-3-12-8-9-17(10-12)11(2)15(18)13-4-6-14(16)7-5-13/h4-7,11-12H,3,8-10H2,1-2H3. The quantitative estimate of drug-likeness (QED) is 0.775. The number of nitrogens with zero attached hydrogens (tertiary/aromatic N) is 1. The smallest absolute Gasteiger partial charge is 0.179 e. The van der Waals surface area contributed by atoms with E-state index in [1.54, 1.807) is 12.1 Å². The number of carbonyl (C=O) groups is 1. The van der Waals surface area contributed by atoms with E-state index in [1.165, 1.54) is 12.8 Å². The Morgan fingerprint density at radius 1 is 1.44 bits per heavy atom. The first-order valence-electron chi connectivity index (χ1n) is 6.65. The number of halogens is 1. The van der Waals surface area contributed by atoms with E-state index in [0.717, 1.165) is 24.6 Å². The molecule has 2 nitrogen and oxygen atoms in total. The van der Waals surface area contributed by atoms with Gasteiger partial charge in [0.15, 0.2) is 5.78 Å². The molecule has 1 heterocycles. The van der Waals surface area contributed by atoms with Crippen LogP contribution >= 0.6 is 11.6 Å². The van der Waals surface area contributed by atoms with Crippen molar-refractivity contribution < 1.29 is 4.79 Å². The molecule has 2 rings (SSSR count). The number of Topliss-reactive ketones (excluding diaryl/α,β-unsaturated/α-hetero) is 1. The van der Waals surface area contributed by atoms with Gasteiger partial charge in [-0.15, -0.1) is 0 Å². The van der Waals surface area contributed by atoms with Gasteiger partial charge in [0.25, 0.3) is 0 Å². The summed E-state index contributed by atoms with van der Waals surface area (Å²) in [4.78, 5) is 14.6. The van der Waals surface area contributed by atoms with Crippen LogP contribution in [0.15, 0.2) is 24.3 Å². The normalized spacial score (nSPS) is 22.1. The van der Waals surface area contributed by atoms with E-state index in [-0.39, 0.29) is 11.8 Å². The van der Waals surface area contributed by atoms with Crippen LogP contribution in [0.5, 0.6) is 0 Å². The maximum Gasteiger partial charge on any atom is 0.179 e. The highest BCUT2D eigenvalue weighted by atomic mass is 35.5. The summed E-state index contributed by atoms with van der Waals surface area (Å²) in [5.41, 5.74) is 0.756. The van der Waals surface area contributed by atoms with Crippen LogP contribution in [0.3, 0.4) is 0 Å². The molecule has 1 aliphatic rings. The van der Waals surface area contributed by atoms with Crippen LogP contribution in [0.25, 0.3) is 0 Å². The van der Waals surface area contributed by atoms with Gasteiger partial charge >= 0.3 is 0 Å². The maximum atomic E-state index is 12.4. The van der Waals surface area contributed by atoms with Crippen LogP contribution in [0.2, 0.25) is 5.02 Å². The number of likely N-dealkylation sites (tertiary alicyclic amines) is 1. The van der Waals surface area contributed by atoms with Crippen LogP contribution in [0.1, 0.15) is 37.0 Å². The van der Waals surface area contributed by atoms with Crippen LogP contribution in [0, 0.1) is 5.92 Å². The molecule has 1 saturated heterocycles. The van der Waals surface area contributed by atoms with E-state index in [2.05, 4.69) is 11.8 Å². The molecule has 1 aromatic rings. The van der Waals surface area contributed by atoms with Crippen molar-refractivity contribution >= 4 is 17.4 Å². The lowest BCUT2D eigenvalue weighted by Gasteiger charge is -2.23. The van der Waals surface area contributed by atoms with E-state index in [9.17, 15) is 4.79 Å². The molecule has 1 aliphatic heterocycles. The molecule has 0 bridgehead atoms. The van der Waals surface area contributed by atoms with E-state index in [0.29, 0.717) is 5.02 Å². The molecule has 0 saturated carbocycles. The third-order valence-corrected chi connectivity index (χ3v) is 4.20. The third kappa shape index (κ3) is 2.93. The van der Waals surface area contributed by atoms with Gasteiger partial charge < -0.3 is 0 Å². The summed E-state index contributed by atoms with van der Waals surface area (Å²) in [6.07, 6.45) is 2.42.